The van der Waals surface area contributed by atoms with Crippen molar-refractivity contribution < 1.29 is 14.4 Å². The van der Waals surface area contributed by atoms with E-state index in [9.17, 15) is 14.4 Å². The molecule has 108 valence electrons. The molecular formula is C13H22N2O3S. The van der Waals surface area contributed by atoms with Crippen LogP contribution in [0.2, 0.25) is 0 Å². The molecule has 0 aliphatic heterocycles. The summed E-state index contributed by atoms with van der Waals surface area (Å²) in [5.74, 6) is 0.467. The lowest BCUT2D eigenvalue weighted by atomic mass is 10.3. The average Bonchev–Trinajstić information content (AvgIpc) is 2.30. The van der Waals surface area contributed by atoms with Gasteiger partial charge in [-0.1, -0.05) is 18.3 Å². The minimum Gasteiger partial charge on any atom is -0.356 e. The van der Waals surface area contributed by atoms with Crippen LogP contribution >= 0.6 is 11.8 Å². The van der Waals surface area contributed by atoms with Crippen molar-refractivity contribution in [1.82, 2.24) is 10.2 Å². The maximum absolute atomic E-state index is 11.4. The van der Waals surface area contributed by atoms with E-state index in [0.29, 0.717) is 37.4 Å². The molecule has 19 heavy (non-hydrogen) atoms. The molecule has 0 aromatic heterocycles. The van der Waals surface area contributed by atoms with Crippen LogP contribution in [0.1, 0.15) is 27.2 Å². The normalized spacial score (nSPS) is 9.84. The van der Waals surface area contributed by atoms with E-state index in [2.05, 4.69) is 11.9 Å². The highest BCUT2D eigenvalue weighted by atomic mass is 32.2. The maximum Gasteiger partial charge on any atom is 0.219 e. The Morgan fingerprint density at radius 1 is 1.16 bits per heavy atom. The smallest absolute Gasteiger partial charge is 0.219 e. The van der Waals surface area contributed by atoms with Crippen molar-refractivity contribution in [1.29, 1.82) is 0 Å². The molecule has 0 aromatic carbocycles. The second-order valence-electron chi connectivity index (χ2n) is 4.26. The van der Waals surface area contributed by atoms with Crippen LogP contribution < -0.4 is 5.32 Å². The molecule has 2 amide bonds. The molecule has 6 heteroatoms. The Labute approximate surface area is 118 Å². The third-order valence-electron chi connectivity index (χ3n) is 2.37. The lowest BCUT2D eigenvalue weighted by molar-refractivity contribution is -0.128. The summed E-state index contributed by atoms with van der Waals surface area (Å²) in [6.07, 6.45) is 0.707. The lowest BCUT2D eigenvalue weighted by Gasteiger charge is -2.20. The number of nitrogens with zero attached hydrogens (tertiary/aromatic N) is 1. The summed E-state index contributed by atoms with van der Waals surface area (Å²) in [6, 6.07) is 0. The molecule has 0 aromatic rings. The molecule has 0 aliphatic carbocycles. The molecule has 0 bridgehead atoms. The van der Waals surface area contributed by atoms with Crippen LogP contribution in [0.25, 0.3) is 0 Å². The van der Waals surface area contributed by atoms with Gasteiger partial charge in [0.25, 0.3) is 0 Å². The van der Waals surface area contributed by atoms with E-state index >= 15 is 0 Å². The topological polar surface area (TPSA) is 66.5 Å². The molecule has 1 N–H and O–H groups in total. The molecule has 0 atom stereocenters. The molecule has 0 unspecified atom stereocenters. The van der Waals surface area contributed by atoms with E-state index in [1.54, 1.807) is 11.8 Å². The van der Waals surface area contributed by atoms with Gasteiger partial charge in [-0.15, -0.1) is 0 Å². The fourth-order valence-corrected chi connectivity index (χ4v) is 2.08. The van der Waals surface area contributed by atoms with Gasteiger partial charge in [0.15, 0.2) is 0 Å². The zero-order valence-electron chi connectivity index (χ0n) is 11.8. The van der Waals surface area contributed by atoms with Gasteiger partial charge < -0.3 is 10.2 Å². The van der Waals surface area contributed by atoms with Crippen LogP contribution in [0.3, 0.4) is 0 Å². The summed E-state index contributed by atoms with van der Waals surface area (Å²) in [5, 5.41) is 2.64. The molecule has 0 aliphatic rings. The van der Waals surface area contributed by atoms with E-state index in [4.69, 9.17) is 0 Å². The van der Waals surface area contributed by atoms with E-state index in [0.717, 1.165) is 0 Å². The summed E-state index contributed by atoms with van der Waals surface area (Å²) >= 11 is 1.17. The molecule has 0 fully saturated rings. The molecule has 0 rings (SSSR count). The van der Waals surface area contributed by atoms with Gasteiger partial charge in [-0.25, -0.2) is 0 Å². The highest BCUT2D eigenvalue weighted by Crippen LogP contribution is 2.09. The first-order valence-electron chi connectivity index (χ1n) is 6.17. The van der Waals surface area contributed by atoms with Gasteiger partial charge >= 0.3 is 0 Å². The zero-order chi connectivity index (χ0) is 14.8. The van der Waals surface area contributed by atoms with E-state index in [1.807, 2.05) is 0 Å². The van der Waals surface area contributed by atoms with Crippen molar-refractivity contribution in [2.45, 2.75) is 27.2 Å². The molecule has 0 saturated heterocycles. The Morgan fingerprint density at radius 3 is 2.26 bits per heavy atom. The SMILES string of the molecule is C=C(C)C(=O)SCCN(CCCNC(C)=O)C(C)=O. The van der Waals surface area contributed by atoms with Gasteiger partial charge in [0.2, 0.25) is 16.9 Å². The maximum atomic E-state index is 11.4. The van der Waals surface area contributed by atoms with E-state index in [-0.39, 0.29) is 16.9 Å². The summed E-state index contributed by atoms with van der Waals surface area (Å²) < 4.78 is 0. The number of carbonyl (C=O) groups excluding carboxylic acids is 3. The second kappa shape index (κ2) is 9.61. The van der Waals surface area contributed by atoms with Crippen LogP contribution in [0.4, 0.5) is 0 Å². The van der Waals surface area contributed by atoms with Gasteiger partial charge in [-0.05, 0) is 18.9 Å². The van der Waals surface area contributed by atoms with E-state index < -0.39 is 0 Å². The van der Waals surface area contributed by atoms with Crippen LogP contribution in [-0.4, -0.2) is 47.2 Å². The number of hydrogen-bond acceptors (Lipinski definition) is 4. The first-order valence-corrected chi connectivity index (χ1v) is 7.15. The quantitative estimate of drug-likeness (QED) is 0.538. The first-order chi connectivity index (χ1) is 8.84. The largest absolute Gasteiger partial charge is 0.356 e. The number of thioether (sulfide) groups is 1. The number of carbonyl (C=O) groups is 3. The Balaban J connectivity index is 3.93. The Morgan fingerprint density at radius 2 is 1.79 bits per heavy atom. The molecule has 0 spiro atoms. The van der Waals surface area contributed by atoms with Gasteiger partial charge in [0, 0.05) is 39.2 Å². The van der Waals surface area contributed by atoms with Gasteiger partial charge in [-0.3, -0.25) is 14.4 Å². The Kier molecular flexibility index (Phi) is 8.95. The third kappa shape index (κ3) is 9.30. The van der Waals surface area contributed by atoms with Crippen LogP contribution in [0, 0.1) is 0 Å². The highest BCUT2D eigenvalue weighted by Gasteiger charge is 2.10. The fraction of sp³-hybridized carbons (Fsp3) is 0.615. The molecule has 0 radical (unpaired) electrons. The Bertz CT molecular complexity index is 356. The summed E-state index contributed by atoms with van der Waals surface area (Å²) in [6.45, 7) is 9.87. The minimum absolute atomic E-state index is 0.0220. The number of amides is 2. The monoisotopic (exact) mass is 286 g/mol. The molecule has 0 saturated carbocycles. The van der Waals surface area contributed by atoms with Crippen molar-refractivity contribution in [3.63, 3.8) is 0 Å². The van der Waals surface area contributed by atoms with Gasteiger partial charge in [0.05, 0.1) is 0 Å². The second-order valence-corrected chi connectivity index (χ2v) is 5.33. The van der Waals surface area contributed by atoms with Crippen molar-refractivity contribution in [3.05, 3.63) is 12.2 Å². The van der Waals surface area contributed by atoms with E-state index in [1.165, 1.54) is 25.6 Å². The van der Waals surface area contributed by atoms with Gasteiger partial charge in [0.1, 0.15) is 0 Å². The number of nitrogens with one attached hydrogen (secondary N) is 1. The molecule has 5 nitrogen and oxygen atoms in total. The summed E-state index contributed by atoms with van der Waals surface area (Å²) in [7, 11) is 0. The minimum atomic E-state index is -0.0722. The van der Waals surface area contributed by atoms with Crippen molar-refractivity contribution in [2.75, 3.05) is 25.4 Å². The van der Waals surface area contributed by atoms with Crippen LogP contribution in [0.5, 0.6) is 0 Å². The van der Waals surface area contributed by atoms with Gasteiger partial charge in [-0.2, -0.15) is 0 Å². The first kappa shape index (κ1) is 17.7. The zero-order valence-corrected chi connectivity index (χ0v) is 12.6. The Hall–Kier alpha value is -1.30. The van der Waals surface area contributed by atoms with Crippen molar-refractivity contribution in [3.8, 4) is 0 Å². The number of hydrogen-bond donors (Lipinski definition) is 1. The van der Waals surface area contributed by atoms with Crippen LogP contribution in [0.15, 0.2) is 12.2 Å². The third-order valence-corrected chi connectivity index (χ3v) is 3.36. The predicted molar refractivity (Wildman–Crippen MR) is 77.8 cm³/mol. The summed E-state index contributed by atoms with van der Waals surface area (Å²) in [5.41, 5.74) is 0.519. The summed E-state index contributed by atoms with van der Waals surface area (Å²) in [4.78, 5) is 35.1. The van der Waals surface area contributed by atoms with Crippen molar-refractivity contribution >= 4 is 28.7 Å². The standard InChI is InChI=1S/C13H22N2O3S/c1-10(2)13(18)19-9-8-15(12(4)17)7-5-6-14-11(3)16/h1,5-9H2,2-4H3,(H,14,16). The lowest BCUT2D eigenvalue weighted by Crippen LogP contribution is -2.34. The van der Waals surface area contributed by atoms with Crippen LogP contribution in [-0.2, 0) is 14.4 Å². The van der Waals surface area contributed by atoms with Crippen molar-refractivity contribution in [2.24, 2.45) is 0 Å². The molecular weight excluding hydrogens is 264 g/mol. The number of rotatable bonds is 8. The average molecular weight is 286 g/mol. The fourth-order valence-electron chi connectivity index (χ4n) is 1.33. The highest BCUT2D eigenvalue weighted by molar-refractivity contribution is 8.14. The predicted octanol–water partition coefficient (Wildman–Crippen LogP) is 1.20. The molecule has 0 heterocycles.